The average Bonchev–Trinajstić information content (AvgIpc) is 3.53. The predicted octanol–water partition coefficient (Wildman–Crippen LogP) is 6.42. The molecule has 156 valence electrons. The molecule has 0 amide bonds. The predicted molar refractivity (Wildman–Crippen MR) is 131 cm³/mol. The van der Waals surface area contributed by atoms with E-state index in [4.69, 9.17) is 0 Å². The summed E-state index contributed by atoms with van der Waals surface area (Å²) in [4.78, 5) is 4.54. The maximum absolute atomic E-state index is 4.54. The fourth-order valence-electron chi connectivity index (χ4n) is 7.45. The molecule has 2 bridgehead atoms. The summed E-state index contributed by atoms with van der Waals surface area (Å²) in [6.45, 7) is 2.25. The van der Waals surface area contributed by atoms with Gasteiger partial charge in [-0.25, -0.2) is 4.57 Å². The van der Waals surface area contributed by atoms with Crippen molar-refractivity contribution in [1.82, 2.24) is 9.38 Å². The van der Waals surface area contributed by atoms with Gasteiger partial charge in [0.25, 0.3) is 0 Å². The smallest absolute Gasteiger partial charge is 0.224 e. The molecule has 32 heavy (non-hydrogen) atoms. The average molecular weight is 417 g/mol. The first-order valence-electron chi connectivity index (χ1n) is 12.0. The van der Waals surface area contributed by atoms with Gasteiger partial charge in [-0.05, 0) is 72.6 Å². The molecule has 4 heterocycles. The van der Waals surface area contributed by atoms with E-state index in [-0.39, 0.29) is 0 Å². The normalized spacial score (nSPS) is 23.1. The van der Waals surface area contributed by atoms with Crippen molar-refractivity contribution in [1.29, 1.82) is 0 Å². The van der Waals surface area contributed by atoms with Gasteiger partial charge in [0.2, 0.25) is 5.52 Å². The third kappa shape index (κ3) is 1.98. The summed E-state index contributed by atoms with van der Waals surface area (Å²) < 4.78 is 4.84. The van der Waals surface area contributed by atoms with E-state index in [0.29, 0.717) is 0 Å². The Morgan fingerprint density at radius 3 is 2.75 bits per heavy atom. The van der Waals surface area contributed by atoms with Gasteiger partial charge in [0.05, 0.1) is 33.5 Å². The Hall–Kier alpha value is -3.20. The summed E-state index contributed by atoms with van der Waals surface area (Å²) >= 11 is 0. The van der Waals surface area contributed by atoms with Crippen molar-refractivity contribution in [2.75, 3.05) is 0 Å². The second-order valence-electron chi connectivity index (χ2n) is 10.4. The van der Waals surface area contributed by atoms with Crippen molar-refractivity contribution in [3.63, 3.8) is 0 Å². The standard InChI is InChI=1S/C29H26N3/c1-16-3-6-22-21-7-9-30-15-25(21)32-24-14-20(23-12-17-4-5-18(23)11-17)13-19-8-10-31(2)29(27(19)24)26(16)28(22)32/h3,6-10,13-15,17-18,23H,4-5,11-12H2,1-2H3/q+1. The number of hydrogen-bond donors (Lipinski definition) is 0. The van der Waals surface area contributed by atoms with Crippen molar-refractivity contribution in [3.8, 4) is 0 Å². The van der Waals surface area contributed by atoms with E-state index < -0.39 is 0 Å². The molecule has 3 atom stereocenters. The monoisotopic (exact) mass is 416 g/mol. The molecule has 6 aromatic rings. The van der Waals surface area contributed by atoms with Crippen LogP contribution in [0.3, 0.4) is 0 Å². The number of fused-ring (bicyclic) bond motifs is 7. The number of pyridine rings is 3. The highest BCUT2D eigenvalue weighted by Crippen LogP contribution is 2.53. The van der Waals surface area contributed by atoms with Crippen LogP contribution < -0.4 is 4.57 Å². The van der Waals surface area contributed by atoms with Gasteiger partial charge >= 0.3 is 0 Å². The van der Waals surface area contributed by atoms with Gasteiger partial charge < -0.3 is 4.40 Å². The molecule has 2 fully saturated rings. The summed E-state index contributed by atoms with van der Waals surface area (Å²) in [5.74, 6) is 2.55. The van der Waals surface area contributed by atoms with Crippen molar-refractivity contribution in [2.45, 2.75) is 38.5 Å². The number of benzene rings is 2. The highest BCUT2D eigenvalue weighted by atomic mass is 15.0. The molecule has 3 heteroatoms. The lowest BCUT2D eigenvalue weighted by molar-refractivity contribution is -0.643. The zero-order valence-corrected chi connectivity index (χ0v) is 18.6. The third-order valence-electron chi connectivity index (χ3n) is 8.82. The molecule has 3 unspecified atom stereocenters. The van der Waals surface area contributed by atoms with Gasteiger partial charge in [-0.15, -0.1) is 0 Å². The van der Waals surface area contributed by atoms with Crippen LogP contribution in [0.2, 0.25) is 0 Å². The number of aryl methyl sites for hydroxylation is 2. The molecule has 3 nitrogen and oxygen atoms in total. The van der Waals surface area contributed by atoms with Crippen molar-refractivity contribution in [3.05, 3.63) is 66.1 Å². The maximum atomic E-state index is 4.54. The molecule has 0 aliphatic heterocycles. The van der Waals surface area contributed by atoms with Crippen LogP contribution >= 0.6 is 0 Å². The first-order chi connectivity index (χ1) is 15.7. The Morgan fingerprint density at radius 2 is 1.91 bits per heavy atom. The number of hydrogen-bond acceptors (Lipinski definition) is 1. The Bertz CT molecular complexity index is 1720. The zero-order chi connectivity index (χ0) is 21.1. The second-order valence-corrected chi connectivity index (χ2v) is 10.4. The molecule has 2 aliphatic carbocycles. The topological polar surface area (TPSA) is 21.2 Å². The molecule has 0 radical (unpaired) electrons. The van der Waals surface area contributed by atoms with Crippen LogP contribution in [-0.4, -0.2) is 9.38 Å². The third-order valence-corrected chi connectivity index (χ3v) is 8.82. The molecule has 0 saturated heterocycles. The van der Waals surface area contributed by atoms with Gasteiger partial charge in [0.15, 0.2) is 6.20 Å². The van der Waals surface area contributed by atoms with E-state index in [1.165, 1.54) is 80.2 Å². The van der Waals surface area contributed by atoms with E-state index in [0.717, 1.165) is 17.8 Å². The molecule has 4 aromatic heterocycles. The van der Waals surface area contributed by atoms with Crippen LogP contribution in [0, 0.1) is 18.8 Å². The highest BCUT2D eigenvalue weighted by Gasteiger charge is 2.40. The lowest BCUT2D eigenvalue weighted by Crippen LogP contribution is -2.29. The van der Waals surface area contributed by atoms with E-state index in [1.54, 1.807) is 5.56 Å². The summed E-state index contributed by atoms with van der Waals surface area (Å²) in [6, 6.07) is 14.1. The van der Waals surface area contributed by atoms with Crippen LogP contribution in [-0.2, 0) is 7.05 Å². The van der Waals surface area contributed by atoms with Gasteiger partial charge in [0.1, 0.15) is 7.05 Å². The minimum atomic E-state index is 0.723. The summed E-state index contributed by atoms with van der Waals surface area (Å²) in [5.41, 5.74) is 8.14. The van der Waals surface area contributed by atoms with Crippen LogP contribution in [0.5, 0.6) is 0 Å². The summed E-state index contributed by atoms with van der Waals surface area (Å²) in [7, 11) is 2.19. The second kappa shape index (κ2) is 5.78. The Labute approximate surface area is 186 Å². The van der Waals surface area contributed by atoms with E-state index >= 15 is 0 Å². The SMILES string of the molecule is Cc1ccc2c3ccncc3n3c4cc(C5CC6CCC5C6)cc5cc[n+](C)c(c1c23)c54. The first kappa shape index (κ1) is 17.4. The Kier molecular flexibility index (Phi) is 3.13. The fourth-order valence-corrected chi connectivity index (χ4v) is 7.45. The number of nitrogens with zero attached hydrogens (tertiary/aromatic N) is 3. The molecule has 2 aromatic carbocycles. The van der Waals surface area contributed by atoms with E-state index in [9.17, 15) is 0 Å². The van der Waals surface area contributed by atoms with Gasteiger partial charge in [-0.3, -0.25) is 4.98 Å². The van der Waals surface area contributed by atoms with Crippen molar-refractivity contribution in [2.24, 2.45) is 18.9 Å². The van der Waals surface area contributed by atoms with Crippen LogP contribution in [0.25, 0.3) is 49.0 Å². The van der Waals surface area contributed by atoms with Crippen LogP contribution in [0.15, 0.2) is 55.0 Å². The number of aromatic nitrogens is 3. The lowest BCUT2D eigenvalue weighted by Gasteiger charge is -2.23. The molecule has 2 saturated carbocycles. The van der Waals surface area contributed by atoms with Crippen molar-refractivity contribution >= 4 is 49.0 Å². The van der Waals surface area contributed by atoms with Crippen LogP contribution in [0.1, 0.15) is 42.7 Å². The van der Waals surface area contributed by atoms with Gasteiger partial charge in [0, 0.05) is 23.0 Å². The molecule has 2 aliphatic rings. The minimum Gasteiger partial charge on any atom is -0.306 e. The van der Waals surface area contributed by atoms with E-state index in [2.05, 4.69) is 76.7 Å². The zero-order valence-electron chi connectivity index (χ0n) is 18.6. The van der Waals surface area contributed by atoms with Gasteiger partial charge in [-0.1, -0.05) is 24.6 Å². The fraction of sp³-hybridized carbons (Fsp3) is 0.310. The Morgan fingerprint density at radius 1 is 0.969 bits per heavy atom. The highest BCUT2D eigenvalue weighted by molar-refractivity contribution is 6.25. The largest absolute Gasteiger partial charge is 0.306 e. The molecule has 0 spiro atoms. The lowest BCUT2D eigenvalue weighted by atomic mass is 9.82. The Balaban J connectivity index is 1.64. The van der Waals surface area contributed by atoms with E-state index in [1.807, 2.05) is 6.20 Å². The summed E-state index contributed by atoms with van der Waals surface area (Å²) in [6.07, 6.45) is 11.9. The molecular weight excluding hydrogens is 390 g/mol. The molecule has 0 N–H and O–H groups in total. The van der Waals surface area contributed by atoms with Crippen LogP contribution in [0.4, 0.5) is 0 Å². The van der Waals surface area contributed by atoms with Gasteiger partial charge in [-0.2, -0.15) is 0 Å². The quantitative estimate of drug-likeness (QED) is 0.172. The maximum Gasteiger partial charge on any atom is 0.224 e. The summed E-state index contributed by atoms with van der Waals surface area (Å²) in [5, 5.41) is 6.75. The minimum absolute atomic E-state index is 0.723. The van der Waals surface area contributed by atoms with Crippen molar-refractivity contribution < 1.29 is 4.57 Å². The molecular formula is C29H26N3+. The number of rotatable bonds is 1. The first-order valence-corrected chi connectivity index (χ1v) is 12.0. The molecule has 8 rings (SSSR count).